The molecule has 224 valence electrons. The number of rotatable bonds is 8. The van der Waals surface area contributed by atoms with E-state index in [0.717, 1.165) is 43.9 Å². The molecule has 3 aromatic carbocycles. The van der Waals surface area contributed by atoms with E-state index >= 15 is 0 Å². The summed E-state index contributed by atoms with van der Waals surface area (Å²) >= 11 is 1.83. The van der Waals surface area contributed by atoms with E-state index in [2.05, 4.69) is 109 Å². The highest BCUT2D eigenvalue weighted by molar-refractivity contribution is 7.97. The molecule has 44 heavy (non-hydrogen) atoms. The molecular formula is C39H43N2OSSi+. The summed E-state index contributed by atoms with van der Waals surface area (Å²) in [7, 11) is -1.99. The molecule has 0 amide bonds. The topological polar surface area (TPSA) is 23.3 Å². The lowest BCUT2D eigenvalue weighted by Crippen LogP contribution is -2.50. The average molecular weight is 616 g/mol. The molecule has 5 heteroatoms. The number of nitrogens with zero attached hydrogens (tertiary/aromatic N) is 2. The van der Waals surface area contributed by atoms with Crippen LogP contribution in [-0.4, -0.2) is 56.6 Å². The maximum absolute atomic E-state index is 13.6. The van der Waals surface area contributed by atoms with Gasteiger partial charge in [-0.05, 0) is 99.6 Å². The van der Waals surface area contributed by atoms with Gasteiger partial charge in [0, 0.05) is 48.7 Å². The molecule has 0 aromatic heterocycles. The van der Waals surface area contributed by atoms with Crippen LogP contribution in [0.15, 0.2) is 89.7 Å². The highest BCUT2D eigenvalue weighted by Crippen LogP contribution is 2.43. The van der Waals surface area contributed by atoms with Gasteiger partial charge in [0.05, 0.1) is 6.42 Å². The summed E-state index contributed by atoms with van der Waals surface area (Å²) in [6.07, 6.45) is 13.2. The van der Waals surface area contributed by atoms with Crippen molar-refractivity contribution in [3.63, 3.8) is 0 Å². The summed E-state index contributed by atoms with van der Waals surface area (Å²) in [5.74, 6) is 1.24. The number of thioether (sulfide) groups is 1. The minimum Gasteiger partial charge on any atom is -0.371 e. The van der Waals surface area contributed by atoms with Crippen LogP contribution in [0.2, 0.25) is 13.1 Å². The molecule has 3 aliphatic heterocycles. The maximum atomic E-state index is 13.6. The number of hydrogen-bond acceptors (Lipinski definition) is 3. The van der Waals surface area contributed by atoms with E-state index in [9.17, 15) is 4.79 Å². The molecule has 0 N–H and O–H groups in total. The quantitative estimate of drug-likeness (QED) is 0.149. The van der Waals surface area contributed by atoms with Gasteiger partial charge in [0.15, 0.2) is 11.5 Å². The van der Waals surface area contributed by atoms with E-state index < -0.39 is 8.07 Å². The zero-order valence-corrected chi connectivity index (χ0v) is 28.4. The van der Waals surface area contributed by atoms with Gasteiger partial charge < -0.3 is 4.90 Å². The third-order valence-corrected chi connectivity index (χ3v) is 14.3. The predicted molar refractivity (Wildman–Crippen MR) is 191 cm³/mol. The van der Waals surface area contributed by atoms with Gasteiger partial charge in [0.25, 0.3) is 0 Å². The molecule has 3 nitrogen and oxygen atoms in total. The molecule has 3 aromatic rings. The fourth-order valence-electron chi connectivity index (χ4n) is 7.09. The number of anilines is 1. The van der Waals surface area contributed by atoms with E-state index in [-0.39, 0.29) is 5.78 Å². The molecule has 0 unspecified atom stereocenters. The zero-order valence-electron chi connectivity index (χ0n) is 26.6. The van der Waals surface area contributed by atoms with Crippen LogP contribution >= 0.6 is 11.8 Å². The van der Waals surface area contributed by atoms with Crippen LogP contribution in [0, 0.1) is 6.92 Å². The Morgan fingerprint density at radius 1 is 0.909 bits per heavy atom. The number of hydrogen-bond donors (Lipinski definition) is 0. The Balaban J connectivity index is 1.29. The number of benzene rings is 3. The van der Waals surface area contributed by atoms with Crippen molar-refractivity contribution in [1.82, 2.24) is 0 Å². The van der Waals surface area contributed by atoms with Crippen LogP contribution in [0.5, 0.6) is 0 Å². The second kappa shape index (κ2) is 11.8. The largest absolute Gasteiger partial charge is 0.371 e. The lowest BCUT2D eigenvalue weighted by atomic mass is 9.86. The molecule has 0 bridgehead atoms. The molecule has 0 radical (unpaired) electrons. The van der Waals surface area contributed by atoms with Gasteiger partial charge in [-0.15, -0.1) is 0 Å². The number of ketones is 1. The second-order valence-corrected chi connectivity index (χ2v) is 18.5. The van der Waals surface area contributed by atoms with Crippen molar-refractivity contribution in [3.8, 4) is 0 Å². The Kier molecular flexibility index (Phi) is 7.88. The second-order valence-electron chi connectivity index (χ2n) is 13.3. The molecule has 0 saturated carbocycles. The third-order valence-electron chi connectivity index (χ3n) is 10.1. The Morgan fingerprint density at radius 2 is 1.68 bits per heavy atom. The summed E-state index contributed by atoms with van der Waals surface area (Å²) in [5, 5.41) is 3.04. The molecule has 2 saturated heterocycles. The van der Waals surface area contributed by atoms with Gasteiger partial charge in [-0.1, -0.05) is 55.6 Å². The van der Waals surface area contributed by atoms with Gasteiger partial charge in [-0.3, -0.25) is 4.79 Å². The normalized spacial score (nSPS) is 18.4. The fraction of sp³-hybridized carbons (Fsp3) is 0.333. The number of allylic oxidation sites excluding steroid dienone is 5. The first-order valence-electron chi connectivity index (χ1n) is 16.2. The molecule has 2 fully saturated rings. The highest BCUT2D eigenvalue weighted by atomic mass is 32.2. The van der Waals surface area contributed by atoms with E-state index in [0.29, 0.717) is 6.42 Å². The van der Waals surface area contributed by atoms with E-state index in [4.69, 9.17) is 0 Å². The number of carbonyl (C=O) groups is 1. The highest BCUT2D eigenvalue weighted by Gasteiger charge is 2.41. The number of carbonyl (C=O) groups excluding carboxylic acids is 1. The first-order valence-corrected chi connectivity index (χ1v) is 20.6. The van der Waals surface area contributed by atoms with Crippen molar-refractivity contribution in [2.75, 3.05) is 37.3 Å². The fourth-order valence-corrected chi connectivity index (χ4v) is 10.7. The van der Waals surface area contributed by atoms with Crippen molar-refractivity contribution in [1.29, 1.82) is 0 Å². The Bertz CT molecular complexity index is 1770. The minimum atomic E-state index is -1.99. The van der Waals surface area contributed by atoms with Crippen molar-refractivity contribution in [2.24, 2.45) is 0 Å². The van der Waals surface area contributed by atoms with Gasteiger partial charge in [-0.2, -0.15) is 11.8 Å². The summed E-state index contributed by atoms with van der Waals surface area (Å²) in [5.41, 5.74) is 12.5. The molecule has 0 atom stereocenters. The first kappa shape index (κ1) is 29.3. The Hall–Kier alpha value is -3.41. The summed E-state index contributed by atoms with van der Waals surface area (Å²) in [4.78, 5) is 16.1. The Morgan fingerprint density at radius 3 is 2.36 bits per heavy atom. The lowest BCUT2D eigenvalue weighted by Gasteiger charge is -2.40. The van der Waals surface area contributed by atoms with Crippen molar-refractivity contribution < 1.29 is 9.37 Å². The SMILES string of the molecule is CSCc1ccc(CCC(=O)c2ccc(C)c(C3=C4C=CC(=[N+]5CCC5)C=C4[Si](C)(C)c4cc(N5CCC5)ccc43)c2)cc1. The molecule has 0 spiro atoms. The number of fused-ring (bicyclic) bond motifs is 2. The van der Waals surface area contributed by atoms with Gasteiger partial charge in [-0.25, -0.2) is 4.58 Å². The van der Waals surface area contributed by atoms with Crippen molar-refractivity contribution in [2.45, 2.75) is 51.5 Å². The predicted octanol–water partition coefficient (Wildman–Crippen LogP) is 7.51. The summed E-state index contributed by atoms with van der Waals surface area (Å²) in [6, 6.07) is 22.4. The smallest absolute Gasteiger partial charge is 0.199 e. The zero-order chi connectivity index (χ0) is 30.4. The summed E-state index contributed by atoms with van der Waals surface area (Å²) < 4.78 is 2.51. The molecule has 7 rings (SSSR count). The van der Waals surface area contributed by atoms with Crippen LogP contribution in [-0.2, 0) is 12.2 Å². The van der Waals surface area contributed by atoms with Crippen molar-refractivity contribution >= 4 is 47.8 Å². The standard InChI is InChI=1S/C39H43N2OSSi/c1-27-7-13-30(36(42)18-12-28-8-10-29(11-9-28)26-43-2)23-35(27)39-33-16-14-31(40-19-5-20-40)24-37(33)44(3,4)38-25-32(15-17-34(38)39)41-21-6-22-41/h7-11,13-17,23-25H,5-6,12,18-22,26H2,1-4H3/q+1. The molecule has 1 aliphatic carbocycles. The van der Waals surface area contributed by atoms with Gasteiger partial charge in [0.1, 0.15) is 21.2 Å². The maximum Gasteiger partial charge on any atom is 0.199 e. The van der Waals surface area contributed by atoms with Gasteiger partial charge >= 0.3 is 0 Å². The van der Waals surface area contributed by atoms with Gasteiger partial charge in [0.2, 0.25) is 0 Å². The monoisotopic (exact) mass is 615 g/mol. The Labute approximate surface area is 268 Å². The number of Topliss-reactive ketones (excluding diaryl/α,β-unsaturated/α-hetero) is 1. The first-order chi connectivity index (χ1) is 21.3. The van der Waals surface area contributed by atoms with Crippen LogP contribution in [0.4, 0.5) is 5.69 Å². The molecule has 4 aliphatic rings. The lowest BCUT2D eigenvalue weighted by molar-refractivity contribution is -0.582. The molecule has 3 heterocycles. The summed E-state index contributed by atoms with van der Waals surface area (Å²) in [6.45, 7) is 11.9. The van der Waals surface area contributed by atoms with Crippen molar-refractivity contribution in [3.05, 3.63) is 123 Å². The van der Waals surface area contributed by atoms with Crippen LogP contribution in [0.1, 0.15) is 57.4 Å². The van der Waals surface area contributed by atoms with E-state index in [1.165, 1.54) is 73.6 Å². The van der Waals surface area contributed by atoms with Crippen LogP contribution < -0.4 is 10.1 Å². The molecular weight excluding hydrogens is 573 g/mol. The average Bonchev–Trinajstić information content (AvgIpc) is 2.96. The number of aryl methyl sites for hydroxylation is 2. The van der Waals surface area contributed by atoms with E-state index in [1.54, 1.807) is 0 Å². The van der Waals surface area contributed by atoms with Crippen LogP contribution in [0.3, 0.4) is 0 Å². The van der Waals surface area contributed by atoms with E-state index in [1.807, 2.05) is 17.8 Å². The van der Waals surface area contributed by atoms with Crippen LogP contribution in [0.25, 0.3) is 5.57 Å². The minimum absolute atomic E-state index is 0.215. The third kappa shape index (κ3) is 5.28.